The Kier molecular flexibility index (Phi) is 2.33. The fourth-order valence-corrected chi connectivity index (χ4v) is 0.161. The predicted molar refractivity (Wildman–Crippen MR) is 28.7 cm³/mol. The average Bonchev–Trinajstić information content (AvgIpc) is 1.67. The molecule has 44 valence electrons. The van der Waals surface area contributed by atoms with Crippen molar-refractivity contribution < 1.29 is 9.90 Å². The highest BCUT2D eigenvalue weighted by Crippen LogP contribution is 1.77. The molecule has 0 amide bonds. The summed E-state index contributed by atoms with van der Waals surface area (Å²) in [6.45, 7) is 0. The lowest BCUT2D eigenvalue weighted by atomic mass is 10.4. The zero-order chi connectivity index (χ0) is 6.57. The second-order valence-electron chi connectivity index (χ2n) is 1.09. The molecule has 0 aromatic rings. The lowest BCUT2D eigenvalue weighted by Crippen LogP contribution is -2.09. The lowest BCUT2D eigenvalue weighted by molar-refractivity contribution is -0.132. The Balaban J connectivity index is 3.99. The van der Waals surface area contributed by atoms with E-state index in [1.165, 1.54) is 0 Å². The van der Waals surface area contributed by atoms with Gasteiger partial charge in [0.1, 0.15) is 5.70 Å². The van der Waals surface area contributed by atoms with Crippen molar-refractivity contribution in [1.29, 1.82) is 5.41 Å². The molecular weight excluding hydrogens is 108 g/mol. The first-order valence-corrected chi connectivity index (χ1v) is 1.88. The zero-order valence-electron chi connectivity index (χ0n) is 4.09. The molecule has 0 aromatic heterocycles. The second kappa shape index (κ2) is 2.79. The topological polar surface area (TPSA) is 87.2 Å². The van der Waals surface area contributed by atoms with Crippen molar-refractivity contribution in [2.75, 3.05) is 0 Å². The van der Waals surface area contributed by atoms with Crippen molar-refractivity contribution >= 4 is 12.2 Å². The maximum Gasteiger partial charge on any atom is 0.351 e. The molecule has 0 aliphatic carbocycles. The number of rotatable bonds is 2. The van der Waals surface area contributed by atoms with E-state index in [1.807, 2.05) is 0 Å². The van der Waals surface area contributed by atoms with Gasteiger partial charge in [0.05, 0.1) is 0 Å². The summed E-state index contributed by atoms with van der Waals surface area (Å²) in [4.78, 5) is 9.79. The molecule has 0 spiro atoms. The summed E-state index contributed by atoms with van der Waals surface area (Å²) in [7, 11) is 0. The number of carboxylic acid groups (broad SMARTS) is 1. The molecule has 0 aliphatic heterocycles. The molecule has 0 rings (SSSR count). The molecule has 0 unspecified atom stereocenters. The van der Waals surface area contributed by atoms with Crippen LogP contribution in [-0.2, 0) is 4.79 Å². The Hall–Kier alpha value is -1.32. The van der Waals surface area contributed by atoms with Gasteiger partial charge >= 0.3 is 5.97 Å². The molecule has 0 aliphatic rings. The Morgan fingerprint density at radius 2 is 2.25 bits per heavy atom. The van der Waals surface area contributed by atoms with E-state index in [4.69, 9.17) is 16.2 Å². The highest BCUT2D eigenvalue weighted by Gasteiger charge is 1.95. The molecule has 0 saturated carbocycles. The van der Waals surface area contributed by atoms with Crippen LogP contribution in [0.5, 0.6) is 0 Å². The molecule has 4 nitrogen and oxygen atoms in total. The van der Waals surface area contributed by atoms with Gasteiger partial charge in [0.15, 0.2) is 0 Å². The summed E-state index contributed by atoms with van der Waals surface area (Å²) in [5.41, 5.74) is 4.52. The van der Waals surface area contributed by atoms with Gasteiger partial charge in [-0.05, 0) is 6.08 Å². The molecule has 4 heteroatoms. The van der Waals surface area contributed by atoms with Gasteiger partial charge in [-0.1, -0.05) is 0 Å². The summed E-state index contributed by atoms with van der Waals surface area (Å²) in [6.07, 6.45) is 1.83. The first-order valence-electron chi connectivity index (χ1n) is 1.88. The minimum absolute atomic E-state index is 0.319. The number of carboxylic acids is 1. The Labute approximate surface area is 46.1 Å². The quantitative estimate of drug-likeness (QED) is 0.336. The van der Waals surface area contributed by atoms with E-state index in [9.17, 15) is 4.79 Å². The minimum atomic E-state index is -1.20. The summed E-state index contributed by atoms with van der Waals surface area (Å²) < 4.78 is 0. The van der Waals surface area contributed by atoms with Crippen molar-refractivity contribution in [1.82, 2.24) is 0 Å². The zero-order valence-corrected chi connectivity index (χ0v) is 4.09. The average molecular weight is 114 g/mol. The van der Waals surface area contributed by atoms with Gasteiger partial charge in [-0.25, -0.2) is 4.79 Å². The van der Waals surface area contributed by atoms with Crippen molar-refractivity contribution in [3.05, 3.63) is 11.8 Å². The largest absolute Gasteiger partial charge is 0.477 e. The monoisotopic (exact) mass is 114 g/mol. The third kappa shape index (κ3) is 1.96. The molecule has 8 heavy (non-hydrogen) atoms. The molecule has 0 atom stereocenters. The molecule has 4 N–H and O–H groups in total. The highest BCUT2D eigenvalue weighted by molar-refractivity contribution is 5.90. The SMILES string of the molecule is N=C/C=C(\N)C(=O)O. The van der Waals surface area contributed by atoms with Crippen molar-refractivity contribution in [2.24, 2.45) is 5.73 Å². The third-order valence-electron chi connectivity index (χ3n) is 0.510. The van der Waals surface area contributed by atoms with Crippen molar-refractivity contribution in [3.63, 3.8) is 0 Å². The maximum atomic E-state index is 9.79. The van der Waals surface area contributed by atoms with Crippen LogP contribution in [0.25, 0.3) is 0 Å². The second-order valence-corrected chi connectivity index (χ2v) is 1.09. The molecule has 0 bridgehead atoms. The van der Waals surface area contributed by atoms with Gasteiger partial charge in [0.2, 0.25) is 0 Å². The molecule has 0 aromatic carbocycles. The molecule has 0 saturated heterocycles. The normalized spacial score (nSPS) is 10.8. The van der Waals surface area contributed by atoms with Gasteiger partial charge < -0.3 is 16.2 Å². The minimum Gasteiger partial charge on any atom is -0.477 e. The van der Waals surface area contributed by atoms with E-state index >= 15 is 0 Å². The Morgan fingerprint density at radius 1 is 1.75 bits per heavy atom. The van der Waals surface area contributed by atoms with Crippen LogP contribution >= 0.6 is 0 Å². The summed E-state index contributed by atoms with van der Waals surface area (Å²) >= 11 is 0. The fraction of sp³-hybridized carbons (Fsp3) is 0. The van der Waals surface area contributed by atoms with E-state index < -0.39 is 5.97 Å². The number of nitrogens with two attached hydrogens (primary N) is 1. The van der Waals surface area contributed by atoms with Crippen LogP contribution in [0.2, 0.25) is 0 Å². The molecular formula is C4H6N2O2. The maximum absolute atomic E-state index is 9.79. The first kappa shape index (κ1) is 6.68. The lowest BCUT2D eigenvalue weighted by Gasteiger charge is -1.85. The van der Waals surface area contributed by atoms with Crippen LogP contribution in [-0.4, -0.2) is 17.3 Å². The number of hydrogen-bond donors (Lipinski definition) is 3. The first-order chi connectivity index (χ1) is 3.68. The van der Waals surface area contributed by atoms with E-state index in [0.29, 0.717) is 0 Å². The van der Waals surface area contributed by atoms with Gasteiger partial charge in [-0.15, -0.1) is 0 Å². The number of nitrogens with one attached hydrogen (secondary N) is 1. The van der Waals surface area contributed by atoms with Crippen LogP contribution in [0.3, 0.4) is 0 Å². The summed E-state index contributed by atoms with van der Waals surface area (Å²) in [5.74, 6) is -1.20. The van der Waals surface area contributed by atoms with E-state index in [-0.39, 0.29) is 5.70 Å². The smallest absolute Gasteiger partial charge is 0.351 e. The van der Waals surface area contributed by atoms with Gasteiger partial charge in [0, 0.05) is 6.21 Å². The van der Waals surface area contributed by atoms with E-state index in [0.717, 1.165) is 12.3 Å². The number of allylic oxidation sites excluding steroid dienone is 1. The van der Waals surface area contributed by atoms with Gasteiger partial charge in [0.25, 0.3) is 0 Å². The van der Waals surface area contributed by atoms with Crippen LogP contribution in [0.4, 0.5) is 0 Å². The number of carbonyl (C=O) groups is 1. The van der Waals surface area contributed by atoms with Gasteiger partial charge in [-0.3, -0.25) is 0 Å². The summed E-state index contributed by atoms with van der Waals surface area (Å²) in [6, 6.07) is 0. The van der Waals surface area contributed by atoms with E-state index in [2.05, 4.69) is 0 Å². The van der Waals surface area contributed by atoms with Crippen LogP contribution in [0.15, 0.2) is 11.8 Å². The number of hydrogen-bond acceptors (Lipinski definition) is 3. The summed E-state index contributed by atoms with van der Waals surface area (Å²) in [5, 5.41) is 14.4. The van der Waals surface area contributed by atoms with E-state index in [1.54, 1.807) is 0 Å². The van der Waals surface area contributed by atoms with Gasteiger partial charge in [-0.2, -0.15) is 0 Å². The Bertz CT molecular complexity index is 139. The molecule has 0 fully saturated rings. The standard InChI is InChI=1S/C4H6N2O2/c5-2-1-3(6)4(7)8/h1-2,5H,6H2,(H,7,8)/b3-1-,5-2?. The highest BCUT2D eigenvalue weighted by atomic mass is 16.4. The molecule has 0 radical (unpaired) electrons. The third-order valence-corrected chi connectivity index (χ3v) is 0.510. The molecule has 0 heterocycles. The van der Waals surface area contributed by atoms with Crippen molar-refractivity contribution in [2.45, 2.75) is 0 Å². The fourth-order valence-electron chi connectivity index (χ4n) is 0.161. The van der Waals surface area contributed by atoms with Crippen LogP contribution < -0.4 is 5.73 Å². The number of aliphatic carboxylic acids is 1. The van der Waals surface area contributed by atoms with Crippen LogP contribution in [0, 0.1) is 5.41 Å². The van der Waals surface area contributed by atoms with Crippen molar-refractivity contribution in [3.8, 4) is 0 Å². The predicted octanol–water partition coefficient (Wildman–Crippen LogP) is -0.437. The Morgan fingerprint density at radius 3 is 2.38 bits per heavy atom. The van der Waals surface area contributed by atoms with Crippen LogP contribution in [0.1, 0.15) is 0 Å².